The van der Waals surface area contributed by atoms with Crippen molar-refractivity contribution < 1.29 is 12.3 Å². The molecule has 3 rings (SSSR count). The summed E-state index contributed by atoms with van der Waals surface area (Å²) in [6.07, 6.45) is 0. The Hall–Kier alpha value is -2.48. The molecule has 1 heterocycles. The number of benzene rings is 2. The summed E-state index contributed by atoms with van der Waals surface area (Å²) < 4.78 is 71.9. The van der Waals surface area contributed by atoms with E-state index in [4.69, 9.17) is 12.3 Å². The predicted octanol–water partition coefficient (Wildman–Crippen LogP) is 4.43. The first-order chi connectivity index (χ1) is 13.5. The first-order valence-corrected chi connectivity index (χ1v) is 5.97. The van der Waals surface area contributed by atoms with Crippen LogP contribution >= 0.6 is 0 Å². The van der Waals surface area contributed by atoms with Crippen molar-refractivity contribution in [2.24, 2.45) is 0 Å². The molecule has 0 fully saturated rings. The summed E-state index contributed by atoms with van der Waals surface area (Å²) >= 11 is 0. The second-order valence-corrected chi connectivity index (χ2v) is 4.22. The average Bonchev–Trinajstić information content (AvgIpc) is 2.67. The van der Waals surface area contributed by atoms with Gasteiger partial charge in [-0.2, -0.15) is 0 Å². The number of rotatable bonds is 2. The van der Waals surface area contributed by atoms with Crippen molar-refractivity contribution in [1.29, 1.82) is 0 Å². The zero-order valence-electron chi connectivity index (χ0n) is 20.0. The van der Waals surface area contributed by atoms with Gasteiger partial charge in [0.25, 0.3) is 0 Å². The minimum absolute atomic E-state index is 0.0302. The first kappa shape index (κ1) is 5.88. The molecule has 0 atom stereocenters. The smallest absolute Gasteiger partial charge is 0.160 e. The van der Waals surface area contributed by atoms with Crippen LogP contribution in [0.3, 0.4) is 0 Å². The third-order valence-electron chi connectivity index (χ3n) is 2.58. The van der Waals surface area contributed by atoms with E-state index in [-0.39, 0.29) is 52.4 Å². The maximum absolute atomic E-state index is 8.29. The largest absolute Gasteiger partial charge is 0.233 e. The summed E-state index contributed by atoms with van der Waals surface area (Å²) in [6.45, 7) is 3.13. The lowest BCUT2D eigenvalue weighted by Crippen LogP contribution is -1.95. The van der Waals surface area contributed by atoms with Crippen LogP contribution in [0.5, 0.6) is 0 Å². The highest BCUT2D eigenvalue weighted by Crippen LogP contribution is 2.22. The van der Waals surface area contributed by atoms with Gasteiger partial charge < -0.3 is 0 Å². The Bertz CT molecular complexity index is 1030. The Morgan fingerprint density at radius 3 is 2.40 bits per heavy atom. The van der Waals surface area contributed by atoms with E-state index in [9.17, 15) is 0 Å². The first-order valence-electron chi connectivity index (χ1n) is 10.5. The highest BCUT2D eigenvalue weighted by molar-refractivity contribution is 5.64. The van der Waals surface area contributed by atoms with Gasteiger partial charge in [0.2, 0.25) is 0 Å². The zero-order chi connectivity index (χ0) is 21.8. The second kappa shape index (κ2) is 5.25. The third-order valence-corrected chi connectivity index (χ3v) is 2.58. The SMILES string of the molecule is [2H]c1c([2H])c([2H])c(-c2nc(C)cc(-c3c([2H])c([2H])c([2H])c(C)c3[2H])n2)c([2H])c1[2H]. The van der Waals surface area contributed by atoms with Crippen molar-refractivity contribution in [2.45, 2.75) is 13.8 Å². The average molecular weight is 269 g/mol. The summed E-state index contributed by atoms with van der Waals surface area (Å²) in [6, 6.07) is -1.99. The van der Waals surface area contributed by atoms with Crippen molar-refractivity contribution in [1.82, 2.24) is 9.97 Å². The molecule has 0 radical (unpaired) electrons. The molecule has 0 amide bonds. The maximum Gasteiger partial charge on any atom is 0.160 e. The van der Waals surface area contributed by atoms with E-state index in [1.807, 2.05) is 0 Å². The fourth-order valence-corrected chi connectivity index (χ4v) is 1.74. The summed E-state index contributed by atoms with van der Waals surface area (Å²) in [7, 11) is 0. The fourth-order valence-electron chi connectivity index (χ4n) is 1.74. The van der Waals surface area contributed by atoms with Gasteiger partial charge in [-0.05, 0) is 26.0 Å². The molecular weight excluding hydrogens is 244 g/mol. The lowest BCUT2D eigenvalue weighted by molar-refractivity contribution is 1.11. The highest BCUT2D eigenvalue weighted by atomic mass is 14.9. The molecular formula is C18H16N2. The lowest BCUT2D eigenvalue weighted by Gasteiger charge is -2.07. The Labute approximate surface area is 131 Å². The van der Waals surface area contributed by atoms with Crippen molar-refractivity contribution >= 4 is 0 Å². The maximum atomic E-state index is 8.29. The molecule has 0 saturated heterocycles. The molecule has 2 aromatic carbocycles. The summed E-state index contributed by atoms with van der Waals surface area (Å²) in [5, 5.41) is 0. The van der Waals surface area contributed by atoms with Gasteiger partial charge in [0, 0.05) is 16.8 Å². The molecule has 0 saturated carbocycles. The van der Waals surface area contributed by atoms with E-state index < -0.39 is 30.2 Å². The minimum Gasteiger partial charge on any atom is -0.233 e. The van der Waals surface area contributed by atoms with Crippen LogP contribution in [0.1, 0.15) is 23.6 Å². The number of nitrogens with zero attached hydrogens (tertiary/aromatic N) is 2. The van der Waals surface area contributed by atoms with Crippen molar-refractivity contribution in [3.05, 3.63) is 71.7 Å². The van der Waals surface area contributed by atoms with Gasteiger partial charge in [-0.3, -0.25) is 0 Å². The number of aryl methyl sites for hydroxylation is 1. The molecule has 0 N–H and O–H groups in total. The number of aromatic nitrogens is 2. The van der Waals surface area contributed by atoms with Crippen molar-refractivity contribution in [3.8, 4) is 22.6 Å². The Morgan fingerprint density at radius 1 is 0.850 bits per heavy atom. The Morgan fingerprint density at radius 2 is 1.60 bits per heavy atom. The van der Waals surface area contributed by atoms with Gasteiger partial charge in [0.1, 0.15) is 0 Å². The molecule has 0 aliphatic carbocycles. The quantitative estimate of drug-likeness (QED) is 0.688. The molecule has 2 heteroatoms. The molecule has 20 heavy (non-hydrogen) atoms. The molecule has 98 valence electrons. The molecule has 0 aliphatic rings. The number of hydrogen-bond donors (Lipinski definition) is 0. The van der Waals surface area contributed by atoms with E-state index in [1.165, 1.54) is 13.0 Å². The van der Waals surface area contributed by atoms with Crippen LogP contribution in [0, 0.1) is 13.8 Å². The van der Waals surface area contributed by atoms with E-state index >= 15 is 0 Å². The van der Waals surface area contributed by atoms with Crippen LogP contribution in [-0.2, 0) is 0 Å². The van der Waals surface area contributed by atoms with Gasteiger partial charge in [0.05, 0.1) is 18.0 Å². The predicted molar refractivity (Wildman–Crippen MR) is 82.4 cm³/mol. The van der Waals surface area contributed by atoms with Gasteiger partial charge in [-0.25, -0.2) is 9.97 Å². The standard InChI is InChI=1S/C18H16N2/c1-13-7-6-10-16(11-13)17-12-14(2)19-18(20-17)15-8-4-3-5-9-15/h3-12H,1-2H3/i3D,4D,5D,6D,7D,8D,9D,10D,11D. The Balaban J connectivity index is 2.37. The van der Waals surface area contributed by atoms with E-state index in [0.717, 1.165) is 0 Å². The molecule has 0 spiro atoms. The normalized spacial score (nSPS) is 16.8. The summed E-state index contributed by atoms with van der Waals surface area (Å²) in [5.74, 6) is -0.130. The fraction of sp³-hybridized carbons (Fsp3) is 0.111. The molecule has 0 bridgehead atoms. The topological polar surface area (TPSA) is 25.8 Å². The van der Waals surface area contributed by atoms with Crippen LogP contribution in [0.4, 0.5) is 0 Å². The van der Waals surface area contributed by atoms with Gasteiger partial charge in [0.15, 0.2) is 5.82 Å². The molecule has 0 aliphatic heterocycles. The highest BCUT2D eigenvalue weighted by Gasteiger charge is 2.06. The monoisotopic (exact) mass is 269 g/mol. The summed E-state index contributed by atoms with van der Waals surface area (Å²) in [4.78, 5) is 8.48. The third kappa shape index (κ3) is 2.59. The van der Waals surface area contributed by atoms with Gasteiger partial charge in [-0.15, -0.1) is 0 Å². The van der Waals surface area contributed by atoms with E-state index in [1.54, 1.807) is 6.92 Å². The molecule has 1 aromatic heterocycles. The van der Waals surface area contributed by atoms with Crippen molar-refractivity contribution in [3.63, 3.8) is 0 Å². The van der Waals surface area contributed by atoms with E-state index in [2.05, 4.69) is 9.97 Å². The van der Waals surface area contributed by atoms with Crippen molar-refractivity contribution in [2.75, 3.05) is 0 Å². The Kier molecular flexibility index (Phi) is 1.54. The van der Waals surface area contributed by atoms with Crippen LogP contribution in [-0.4, -0.2) is 9.97 Å². The lowest BCUT2D eigenvalue weighted by atomic mass is 10.1. The molecule has 0 unspecified atom stereocenters. The molecule has 2 nitrogen and oxygen atoms in total. The minimum atomic E-state index is -0.529. The van der Waals surface area contributed by atoms with Gasteiger partial charge in [-0.1, -0.05) is 53.9 Å². The molecule has 3 aromatic rings. The van der Waals surface area contributed by atoms with Gasteiger partial charge >= 0.3 is 0 Å². The second-order valence-electron chi connectivity index (χ2n) is 4.22. The van der Waals surface area contributed by atoms with Crippen LogP contribution < -0.4 is 0 Å². The number of hydrogen-bond acceptors (Lipinski definition) is 2. The zero-order valence-corrected chi connectivity index (χ0v) is 11.0. The van der Waals surface area contributed by atoms with Crippen LogP contribution in [0.2, 0.25) is 0 Å². The summed E-state index contributed by atoms with van der Waals surface area (Å²) in [5.41, 5.74) is 0.587. The van der Waals surface area contributed by atoms with E-state index in [0.29, 0.717) is 5.69 Å². The van der Waals surface area contributed by atoms with Crippen LogP contribution in [0.25, 0.3) is 22.6 Å². The van der Waals surface area contributed by atoms with Crippen LogP contribution in [0.15, 0.2) is 60.4 Å².